The van der Waals surface area contributed by atoms with Crippen molar-refractivity contribution in [2.24, 2.45) is 0 Å². The van der Waals surface area contributed by atoms with Gasteiger partial charge in [-0.3, -0.25) is 9.88 Å². The summed E-state index contributed by atoms with van der Waals surface area (Å²) >= 11 is 0. The van der Waals surface area contributed by atoms with Crippen molar-refractivity contribution in [2.75, 3.05) is 37.7 Å². The van der Waals surface area contributed by atoms with Gasteiger partial charge in [-0.05, 0) is 30.5 Å². The average molecular weight is 325 g/mol. The second-order valence-electron chi connectivity index (χ2n) is 6.68. The van der Waals surface area contributed by atoms with Gasteiger partial charge >= 0.3 is 0 Å². The summed E-state index contributed by atoms with van der Waals surface area (Å²) < 4.78 is 6.27. The number of hydrogen-bond donors (Lipinski definition) is 0. The summed E-state index contributed by atoms with van der Waals surface area (Å²) in [7, 11) is 0. The molecule has 4 heterocycles. The minimum absolute atomic E-state index is 0.113. The second-order valence-corrected chi connectivity index (χ2v) is 6.68. The maximum Gasteiger partial charge on any atom is 0.225 e. The summed E-state index contributed by atoms with van der Waals surface area (Å²) in [6.07, 6.45) is 9.59. The van der Waals surface area contributed by atoms with E-state index >= 15 is 0 Å². The third-order valence-electron chi connectivity index (χ3n) is 4.83. The van der Waals surface area contributed by atoms with Crippen LogP contribution in [0.1, 0.15) is 18.4 Å². The molecule has 0 aliphatic carbocycles. The van der Waals surface area contributed by atoms with Gasteiger partial charge in [0.1, 0.15) is 0 Å². The van der Waals surface area contributed by atoms with Crippen LogP contribution in [0.15, 0.2) is 43.0 Å². The first-order chi connectivity index (χ1) is 11.8. The lowest BCUT2D eigenvalue weighted by Gasteiger charge is -2.48. The van der Waals surface area contributed by atoms with Crippen LogP contribution in [0.4, 0.5) is 5.95 Å². The minimum Gasteiger partial charge on any atom is -0.370 e. The highest BCUT2D eigenvalue weighted by Gasteiger charge is 2.41. The number of nitrogens with zero attached hydrogens (tertiary/aromatic N) is 5. The number of ether oxygens (including phenoxy) is 1. The van der Waals surface area contributed by atoms with Gasteiger partial charge in [0, 0.05) is 51.0 Å². The first-order valence-corrected chi connectivity index (χ1v) is 8.60. The largest absolute Gasteiger partial charge is 0.370 e. The van der Waals surface area contributed by atoms with E-state index in [4.69, 9.17) is 4.74 Å². The molecule has 2 aromatic heterocycles. The topological polar surface area (TPSA) is 54.4 Å². The Kier molecular flexibility index (Phi) is 4.40. The van der Waals surface area contributed by atoms with Gasteiger partial charge in [-0.1, -0.05) is 6.07 Å². The van der Waals surface area contributed by atoms with Crippen LogP contribution >= 0.6 is 0 Å². The highest BCUT2D eigenvalue weighted by molar-refractivity contribution is 5.31. The number of morpholine rings is 1. The zero-order valence-corrected chi connectivity index (χ0v) is 13.8. The van der Waals surface area contributed by atoms with Crippen molar-refractivity contribution in [3.8, 4) is 0 Å². The van der Waals surface area contributed by atoms with Crippen molar-refractivity contribution in [2.45, 2.75) is 25.0 Å². The number of hydrogen-bond acceptors (Lipinski definition) is 6. The average Bonchev–Trinajstić information content (AvgIpc) is 2.63. The van der Waals surface area contributed by atoms with Gasteiger partial charge in [0.15, 0.2) is 0 Å². The monoisotopic (exact) mass is 325 g/mol. The van der Waals surface area contributed by atoms with Gasteiger partial charge in [-0.25, -0.2) is 9.97 Å². The van der Waals surface area contributed by atoms with Crippen LogP contribution in [-0.4, -0.2) is 58.2 Å². The first kappa shape index (κ1) is 15.5. The van der Waals surface area contributed by atoms with Crippen LogP contribution in [0, 0.1) is 0 Å². The summed E-state index contributed by atoms with van der Waals surface area (Å²) in [5, 5.41) is 0. The molecule has 0 radical (unpaired) electrons. The minimum atomic E-state index is -0.113. The van der Waals surface area contributed by atoms with Crippen molar-refractivity contribution < 1.29 is 4.74 Å². The molecule has 2 saturated heterocycles. The lowest BCUT2D eigenvalue weighted by Crippen LogP contribution is -2.59. The molecule has 126 valence electrons. The lowest BCUT2D eigenvalue weighted by molar-refractivity contribution is -0.116. The highest BCUT2D eigenvalue weighted by atomic mass is 16.5. The number of piperidine rings is 1. The van der Waals surface area contributed by atoms with Gasteiger partial charge in [-0.2, -0.15) is 0 Å². The molecule has 0 saturated carbocycles. The predicted octanol–water partition coefficient (Wildman–Crippen LogP) is 1.74. The first-order valence-electron chi connectivity index (χ1n) is 8.60. The molecule has 2 aliphatic rings. The Balaban J connectivity index is 1.45. The summed E-state index contributed by atoms with van der Waals surface area (Å²) in [5.74, 6) is 0.810. The molecule has 2 fully saturated rings. The summed E-state index contributed by atoms with van der Waals surface area (Å²) in [4.78, 5) is 17.8. The number of rotatable bonds is 3. The van der Waals surface area contributed by atoms with Gasteiger partial charge in [0.25, 0.3) is 0 Å². The zero-order chi connectivity index (χ0) is 16.2. The van der Waals surface area contributed by atoms with E-state index in [0.717, 1.165) is 58.1 Å². The Morgan fingerprint density at radius 3 is 2.83 bits per heavy atom. The molecule has 0 bridgehead atoms. The van der Waals surface area contributed by atoms with Crippen molar-refractivity contribution in [1.82, 2.24) is 19.9 Å². The second kappa shape index (κ2) is 6.83. The van der Waals surface area contributed by atoms with E-state index in [1.54, 1.807) is 12.4 Å². The van der Waals surface area contributed by atoms with Crippen LogP contribution in [-0.2, 0) is 11.3 Å². The van der Waals surface area contributed by atoms with Crippen molar-refractivity contribution in [1.29, 1.82) is 0 Å². The summed E-state index contributed by atoms with van der Waals surface area (Å²) in [5.41, 5.74) is 1.14. The molecule has 24 heavy (non-hydrogen) atoms. The van der Waals surface area contributed by atoms with Crippen LogP contribution < -0.4 is 4.90 Å². The summed E-state index contributed by atoms with van der Waals surface area (Å²) in [6.45, 7) is 5.49. The van der Waals surface area contributed by atoms with E-state index in [1.165, 1.54) is 5.56 Å². The van der Waals surface area contributed by atoms with E-state index in [-0.39, 0.29) is 5.60 Å². The van der Waals surface area contributed by atoms with Crippen molar-refractivity contribution in [3.05, 3.63) is 48.5 Å². The van der Waals surface area contributed by atoms with Crippen molar-refractivity contribution in [3.63, 3.8) is 0 Å². The smallest absolute Gasteiger partial charge is 0.225 e. The SMILES string of the molecule is c1cnc(N2CCC[C@]3(CN(Cc4cccnc4)CCO3)C2)nc1. The lowest BCUT2D eigenvalue weighted by atomic mass is 9.90. The van der Waals surface area contributed by atoms with E-state index in [2.05, 4.69) is 30.8 Å². The fourth-order valence-electron chi connectivity index (χ4n) is 3.78. The molecule has 6 heteroatoms. The van der Waals surface area contributed by atoms with Gasteiger partial charge < -0.3 is 9.64 Å². The Hall–Kier alpha value is -2.05. The maximum absolute atomic E-state index is 6.27. The van der Waals surface area contributed by atoms with Gasteiger partial charge in [0.05, 0.1) is 18.8 Å². The zero-order valence-electron chi connectivity index (χ0n) is 13.8. The van der Waals surface area contributed by atoms with E-state index in [9.17, 15) is 0 Å². The molecule has 2 aliphatic heterocycles. The molecule has 0 amide bonds. The van der Waals surface area contributed by atoms with Gasteiger partial charge in [-0.15, -0.1) is 0 Å². The van der Waals surface area contributed by atoms with Crippen LogP contribution in [0.2, 0.25) is 0 Å². The molecule has 0 unspecified atom stereocenters. The predicted molar refractivity (Wildman–Crippen MR) is 91.7 cm³/mol. The number of aromatic nitrogens is 3. The quantitative estimate of drug-likeness (QED) is 0.857. The molecule has 1 spiro atoms. The van der Waals surface area contributed by atoms with E-state index in [1.807, 2.05) is 24.5 Å². The normalized spacial score (nSPS) is 25.1. The van der Waals surface area contributed by atoms with Crippen LogP contribution in [0.25, 0.3) is 0 Å². The number of pyridine rings is 1. The molecule has 1 atom stereocenters. The fraction of sp³-hybridized carbons (Fsp3) is 0.500. The standard InChI is InChI=1S/C18H23N5O/c1-4-16(12-19-6-1)13-22-10-11-24-18(14-22)5-2-9-23(15-18)17-20-7-3-8-21-17/h1,3-4,6-8,12H,2,5,9-11,13-15H2/t18-/m0/s1. The third-order valence-corrected chi connectivity index (χ3v) is 4.83. The Labute approximate surface area is 142 Å². The molecular formula is C18H23N5O. The Morgan fingerprint density at radius 2 is 2.00 bits per heavy atom. The Morgan fingerprint density at radius 1 is 1.08 bits per heavy atom. The van der Waals surface area contributed by atoms with Gasteiger partial charge in [0.2, 0.25) is 5.95 Å². The Bertz CT molecular complexity index is 649. The maximum atomic E-state index is 6.27. The number of anilines is 1. The molecule has 0 aromatic carbocycles. The van der Waals surface area contributed by atoms with Crippen LogP contribution in [0.3, 0.4) is 0 Å². The van der Waals surface area contributed by atoms with E-state index < -0.39 is 0 Å². The third kappa shape index (κ3) is 3.39. The fourth-order valence-corrected chi connectivity index (χ4v) is 3.78. The molecule has 4 rings (SSSR count). The molecule has 6 nitrogen and oxygen atoms in total. The van der Waals surface area contributed by atoms with E-state index in [0.29, 0.717) is 0 Å². The van der Waals surface area contributed by atoms with Crippen molar-refractivity contribution >= 4 is 5.95 Å². The van der Waals surface area contributed by atoms with Crippen LogP contribution in [0.5, 0.6) is 0 Å². The molecule has 2 aromatic rings. The highest BCUT2D eigenvalue weighted by Crippen LogP contribution is 2.30. The molecule has 0 N–H and O–H groups in total. The summed E-state index contributed by atoms with van der Waals surface area (Å²) in [6, 6.07) is 6.00. The molecular weight excluding hydrogens is 302 g/mol.